The van der Waals surface area contributed by atoms with Crippen LogP contribution in [0.25, 0.3) is 11.3 Å². The summed E-state index contributed by atoms with van der Waals surface area (Å²) < 4.78 is 40.3. The second-order valence-electron chi connectivity index (χ2n) is 6.69. The van der Waals surface area contributed by atoms with E-state index in [-0.39, 0.29) is 5.41 Å². The van der Waals surface area contributed by atoms with Crippen LogP contribution in [0, 0.1) is 6.92 Å². The van der Waals surface area contributed by atoms with E-state index in [0.29, 0.717) is 5.56 Å². The fourth-order valence-electron chi connectivity index (χ4n) is 2.43. The number of halogens is 3. The lowest BCUT2D eigenvalue weighted by molar-refractivity contribution is -0.660. The van der Waals surface area contributed by atoms with Crippen molar-refractivity contribution in [3.63, 3.8) is 0 Å². The molecule has 0 spiro atoms. The predicted octanol–water partition coefficient (Wildman–Crippen LogP) is 4.80. The zero-order valence-electron chi connectivity index (χ0n) is 13.5. The molecule has 2 rings (SSSR count). The van der Waals surface area contributed by atoms with Crippen LogP contribution >= 0.6 is 0 Å². The lowest BCUT2D eigenvalue weighted by Gasteiger charge is -2.19. The Morgan fingerprint density at radius 3 is 2.05 bits per heavy atom. The largest absolute Gasteiger partial charge is 0.416 e. The molecule has 118 valence electrons. The highest BCUT2D eigenvalue weighted by atomic mass is 19.4. The van der Waals surface area contributed by atoms with Gasteiger partial charge in [0.15, 0.2) is 6.20 Å². The van der Waals surface area contributed by atoms with Crippen molar-refractivity contribution < 1.29 is 17.7 Å². The molecule has 0 radical (unpaired) electrons. The molecule has 0 bridgehead atoms. The van der Waals surface area contributed by atoms with Crippen LogP contribution in [0.4, 0.5) is 13.2 Å². The summed E-state index contributed by atoms with van der Waals surface area (Å²) in [5, 5.41) is 0. The molecule has 1 nitrogen and oxygen atoms in total. The number of hydrogen-bond donors (Lipinski definition) is 0. The van der Waals surface area contributed by atoms with Crippen LogP contribution in [0.5, 0.6) is 0 Å². The first-order valence-corrected chi connectivity index (χ1v) is 7.18. The summed E-state index contributed by atoms with van der Waals surface area (Å²) in [6, 6.07) is 8.00. The lowest BCUT2D eigenvalue weighted by atomic mass is 9.86. The quantitative estimate of drug-likeness (QED) is 0.666. The molecule has 0 fully saturated rings. The van der Waals surface area contributed by atoms with Gasteiger partial charge < -0.3 is 0 Å². The maximum absolute atomic E-state index is 12.8. The summed E-state index contributed by atoms with van der Waals surface area (Å²) in [5.41, 5.74) is 2.89. The van der Waals surface area contributed by atoms with Crippen LogP contribution in [0.2, 0.25) is 0 Å². The first-order valence-electron chi connectivity index (χ1n) is 7.18. The summed E-state index contributed by atoms with van der Waals surface area (Å²) in [4.78, 5) is 0. The van der Waals surface area contributed by atoms with Gasteiger partial charge >= 0.3 is 6.18 Å². The third-order valence-electron chi connectivity index (χ3n) is 3.85. The van der Waals surface area contributed by atoms with E-state index in [9.17, 15) is 13.2 Å². The van der Waals surface area contributed by atoms with Gasteiger partial charge in [-0.15, -0.1) is 0 Å². The molecule has 1 aromatic carbocycles. The minimum absolute atomic E-state index is 0.0111. The van der Waals surface area contributed by atoms with Crippen molar-refractivity contribution in [1.82, 2.24) is 0 Å². The number of nitrogens with zero attached hydrogens (tertiary/aromatic N) is 1. The molecule has 0 saturated heterocycles. The summed E-state index contributed by atoms with van der Waals surface area (Å²) in [6.45, 7) is 8.07. The number of pyridine rings is 1. The Labute approximate surface area is 129 Å². The van der Waals surface area contributed by atoms with E-state index in [1.807, 2.05) is 23.9 Å². The van der Waals surface area contributed by atoms with Crippen molar-refractivity contribution in [2.45, 2.75) is 39.3 Å². The Kier molecular flexibility index (Phi) is 4.07. The Morgan fingerprint density at radius 2 is 1.55 bits per heavy atom. The normalized spacial score (nSPS) is 12.5. The smallest absolute Gasteiger partial charge is 0.201 e. The van der Waals surface area contributed by atoms with E-state index in [1.54, 1.807) is 13.0 Å². The molecule has 4 heteroatoms. The van der Waals surface area contributed by atoms with E-state index in [4.69, 9.17) is 0 Å². The number of rotatable bonds is 1. The highest BCUT2D eigenvalue weighted by molar-refractivity contribution is 5.62. The van der Waals surface area contributed by atoms with Gasteiger partial charge in [0.25, 0.3) is 0 Å². The van der Waals surface area contributed by atoms with Gasteiger partial charge in [-0.2, -0.15) is 13.2 Å². The van der Waals surface area contributed by atoms with E-state index in [1.165, 1.54) is 6.07 Å². The molecule has 0 N–H and O–H groups in total. The van der Waals surface area contributed by atoms with E-state index >= 15 is 0 Å². The molecule has 0 aliphatic rings. The molecule has 1 aromatic heterocycles. The summed E-state index contributed by atoms with van der Waals surface area (Å²) >= 11 is 0. The molecule has 0 aliphatic heterocycles. The summed E-state index contributed by atoms with van der Waals surface area (Å²) in [5.74, 6) is 0. The Hall–Kier alpha value is -1.84. The van der Waals surface area contributed by atoms with Crippen LogP contribution in [0.3, 0.4) is 0 Å². The molecule has 0 saturated carbocycles. The number of aromatic nitrogens is 1. The highest BCUT2D eigenvalue weighted by Crippen LogP contribution is 2.33. The second kappa shape index (κ2) is 5.41. The fraction of sp³-hybridized carbons (Fsp3) is 0.389. The molecule has 0 amide bonds. The Morgan fingerprint density at radius 1 is 0.909 bits per heavy atom. The monoisotopic (exact) mass is 308 g/mol. The van der Waals surface area contributed by atoms with E-state index < -0.39 is 11.7 Å². The average molecular weight is 308 g/mol. The number of aryl methyl sites for hydroxylation is 2. The third kappa shape index (κ3) is 3.32. The maximum atomic E-state index is 12.8. The Bertz CT molecular complexity index is 694. The van der Waals surface area contributed by atoms with Gasteiger partial charge in [-0.1, -0.05) is 20.8 Å². The van der Waals surface area contributed by atoms with Gasteiger partial charge in [0, 0.05) is 17.7 Å². The molecular formula is C18H21F3N+. The average Bonchev–Trinajstić information content (AvgIpc) is 2.37. The van der Waals surface area contributed by atoms with E-state index in [2.05, 4.69) is 26.8 Å². The molecule has 0 atom stereocenters. The van der Waals surface area contributed by atoms with Gasteiger partial charge in [0.05, 0.1) is 5.56 Å². The van der Waals surface area contributed by atoms with Gasteiger partial charge in [0.1, 0.15) is 7.05 Å². The van der Waals surface area contributed by atoms with Gasteiger partial charge in [0.2, 0.25) is 5.69 Å². The fourth-order valence-corrected chi connectivity index (χ4v) is 2.43. The van der Waals surface area contributed by atoms with Crippen LogP contribution < -0.4 is 4.57 Å². The zero-order chi connectivity index (χ0) is 16.7. The molecule has 2 aromatic rings. The van der Waals surface area contributed by atoms with Crippen LogP contribution in [0.15, 0.2) is 36.5 Å². The van der Waals surface area contributed by atoms with Gasteiger partial charge in [-0.3, -0.25) is 0 Å². The van der Waals surface area contributed by atoms with Crippen molar-refractivity contribution in [2.24, 2.45) is 7.05 Å². The molecule has 0 aliphatic carbocycles. The predicted molar refractivity (Wildman–Crippen MR) is 81.5 cm³/mol. The first-order chi connectivity index (χ1) is 10.00. The highest BCUT2D eigenvalue weighted by Gasteiger charge is 2.31. The SMILES string of the molecule is Cc1cc(C(F)(F)F)ccc1-c1cc(C(C)(C)C)cc[n+]1C. The summed E-state index contributed by atoms with van der Waals surface area (Å²) in [7, 11) is 1.90. The third-order valence-corrected chi connectivity index (χ3v) is 3.85. The van der Waals surface area contributed by atoms with E-state index in [0.717, 1.165) is 22.9 Å². The molecule has 1 heterocycles. The van der Waals surface area contributed by atoms with Gasteiger partial charge in [-0.05, 0) is 41.7 Å². The van der Waals surface area contributed by atoms with Crippen molar-refractivity contribution >= 4 is 0 Å². The van der Waals surface area contributed by atoms with Crippen molar-refractivity contribution in [1.29, 1.82) is 0 Å². The number of benzene rings is 1. The second-order valence-corrected chi connectivity index (χ2v) is 6.69. The standard InChI is InChI=1S/C18H21F3N/c1-12-10-14(18(19,20)21)6-7-15(12)16-11-13(17(2,3)4)8-9-22(16)5/h6-11H,1-5H3/q+1. The van der Waals surface area contributed by atoms with Crippen LogP contribution in [-0.4, -0.2) is 0 Å². The minimum atomic E-state index is -4.31. The van der Waals surface area contributed by atoms with Crippen LogP contribution in [-0.2, 0) is 18.6 Å². The lowest BCUT2D eigenvalue weighted by Crippen LogP contribution is -2.32. The topological polar surface area (TPSA) is 3.88 Å². The molecular weight excluding hydrogens is 287 g/mol. The summed E-state index contributed by atoms with van der Waals surface area (Å²) in [6.07, 6.45) is -2.36. The minimum Gasteiger partial charge on any atom is -0.201 e. The maximum Gasteiger partial charge on any atom is 0.416 e. The number of alkyl halides is 3. The van der Waals surface area contributed by atoms with Crippen molar-refractivity contribution in [3.8, 4) is 11.3 Å². The van der Waals surface area contributed by atoms with Crippen molar-refractivity contribution in [2.75, 3.05) is 0 Å². The van der Waals surface area contributed by atoms with Crippen LogP contribution in [0.1, 0.15) is 37.5 Å². The molecule has 0 unspecified atom stereocenters. The number of hydrogen-bond acceptors (Lipinski definition) is 0. The Balaban J connectivity index is 2.57. The van der Waals surface area contributed by atoms with Crippen molar-refractivity contribution in [3.05, 3.63) is 53.2 Å². The zero-order valence-corrected chi connectivity index (χ0v) is 13.5. The molecule has 22 heavy (non-hydrogen) atoms. The first kappa shape index (κ1) is 16.5. The van der Waals surface area contributed by atoms with Gasteiger partial charge in [-0.25, -0.2) is 4.57 Å².